The minimum Gasteiger partial charge on any atom is -0.287 e. The maximum absolute atomic E-state index is 11.8. The molecule has 2 heteroatoms. The molecule has 0 amide bonds. The van der Waals surface area contributed by atoms with Crippen LogP contribution in [-0.2, 0) is 4.79 Å². The van der Waals surface area contributed by atoms with Crippen molar-refractivity contribution in [2.24, 2.45) is 0 Å². The predicted octanol–water partition coefficient (Wildman–Crippen LogP) is 7.01. The highest BCUT2D eigenvalue weighted by Gasteiger charge is 2.03. The molecule has 0 saturated heterocycles. The van der Waals surface area contributed by atoms with E-state index in [2.05, 4.69) is 6.92 Å². The Morgan fingerprint density at radius 2 is 1.27 bits per heavy atom. The van der Waals surface area contributed by atoms with Gasteiger partial charge in [-0.05, 0) is 18.6 Å². The zero-order chi connectivity index (χ0) is 15.9. The number of carbonyl (C=O) groups excluding carboxylic acids is 1. The summed E-state index contributed by atoms with van der Waals surface area (Å²) in [5.74, 6) is 0. The molecule has 0 aliphatic rings. The Labute approximate surface area is 141 Å². The molecule has 124 valence electrons. The third-order valence-corrected chi connectivity index (χ3v) is 4.90. The van der Waals surface area contributed by atoms with Crippen LogP contribution in [0.25, 0.3) is 0 Å². The van der Waals surface area contributed by atoms with Crippen molar-refractivity contribution >= 4 is 16.9 Å². The first-order valence-electron chi connectivity index (χ1n) is 9.08. The third-order valence-electron chi connectivity index (χ3n) is 3.96. The van der Waals surface area contributed by atoms with Crippen molar-refractivity contribution in [1.82, 2.24) is 0 Å². The zero-order valence-corrected chi connectivity index (χ0v) is 15.0. The SMILES string of the molecule is CCCCCCCCCCCCCC(=O)Sc1ccccc1. The maximum Gasteiger partial charge on any atom is 0.193 e. The molecule has 0 unspecified atom stereocenters. The van der Waals surface area contributed by atoms with Crippen LogP contribution in [-0.4, -0.2) is 5.12 Å². The van der Waals surface area contributed by atoms with Gasteiger partial charge < -0.3 is 0 Å². The topological polar surface area (TPSA) is 17.1 Å². The fourth-order valence-electron chi connectivity index (χ4n) is 2.60. The molecule has 1 aromatic carbocycles. The molecule has 0 saturated carbocycles. The van der Waals surface area contributed by atoms with Gasteiger partial charge in [-0.25, -0.2) is 0 Å². The summed E-state index contributed by atoms with van der Waals surface area (Å²) in [6.07, 6.45) is 15.3. The van der Waals surface area contributed by atoms with Crippen LogP contribution in [0.5, 0.6) is 0 Å². The van der Waals surface area contributed by atoms with Crippen molar-refractivity contribution < 1.29 is 4.79 Å². The summed E-state index contributed by atoms with van der Waals surface area (Å²) in [5, 5.41) is 0.308. The molecule has 0 aromatic heterocycles. The first-order chi connectivity index (χ1) is 10.8. The number of carbonyl (C=O) groups is 1. The summed E-state index contributed by atoms with van der Waals surface area (Å²) in [5.41, 5.74) is 0. The summed E-state index contributed by atoms with van der Waals surface area (Å²) in [7, 11) is 0. The Morgan fingerprint density at radius 1 is 0.773 bits per heavy atom. The minimum atomic E-state index is 0.308. The number of rotatable bonds is 13. The van der Waals surface area contributed by atoms with Gasteiger partial charge in [0.1, 0.15) is 0 Å². The summed E-state index contributed by atoms with van der Waals surface area (Å²) in [6.45, 7) is 2.27. The molecule has 0 radical (unpaired) electrons. The number of benzene rings is 1. The summed E-state index contributed by atoms with van der Waals surface area (Å²) in [4.78, 5) is 12.9. The fourth-order valence-corrected chi connectivity index (χ4v) is 3.41. The van der Waals surface area contributed by atoms with Crippen LogP contribution in [0.15, 0.2) is 35.2 Å². The Balaban J connectivity index is 1.86. The Kier molecular flexibility index (Phi) is 12.2. The van der Waals surface area contributed by atoms with Crippen molar-refractivity contribution in [2.75, 3.05) is 0 Å². The van der Waals surface area contributed by atoms with Crippen molar-refractivity contribution in [3.8, 4) is 0 Å². The molecule has 0 bridgehead atoms. The summed E-state index contributed by atoms with van der Waals surface area (Å²) in [6, 6.07) is 9.96. The molecule has 0 spiro atoms. The van der Waals surface area contributed by atoms with Crippen LogP contribution in [0, 0.1) is 0 Å². The highest BCUT2D eigenvalue weighted by atomic mass is 32.2. The smallest absolute Gasteiger partial charge is 0.193 e. The van der Waals surface area contributed by atoms with Gasteiger partial charge in [0.15, 0.2) is 5.12 Å². The fraction of sp³-hybridized carbons (Fsp3) is 0.650. The summed E-state index contributed by atoms with van der Waals surface area (Å²) >= 11 is 1.39. The van der Waals surface area contributed by atoms with Gasteiger partial charge in [-0.1, -0.05) is 101 Å². The second-order valence-corrected chi connectivity index (χ2v) is 7.20. The van der Waals surface area contributed by atoms with Gasteiger partial charge in [0.05, 0.1) is 0 Å². The Hall–Kier alpha value is -0.760. The molecule has 1 rings (SSSR count). The lowest BCUT2D eigenvalue weighted by atomic mass is 10.1. The number of thioether (sulfide) groups is 1. The predicted molar refractivity (Wildman–Crippen MR) is 98.4 cm³/mol. The molecular formula is C20H32OS. The molecule has 1 nitrogen and oxygen atoms in total. The monoisotopic (exact) mass is 320 g/mol. The van der Waals surface area contributed by atoms with E-state index in [4.69, 9.17) is 0 Å². The number of hydrogen-bond acceptors (Lipinski definition) is 2. The zero-order valence-electron chi connectivity index (χ0n) is 14.2. The van der Waals surface area contributed by atoms with E-state index in [1.165, 1.54) is 76.0 Å². The van der Waals surface area contributed by atoms with E-state index in [9.17, 15) is 4.79 Å². The second-order valence-electron chi connectivity index (χ2n) is 6.07. The first kappa shape index (κ1) is 19.3. The van der Waals surface area contributed by atoms with Gasteiger partial charge >= 0.3 is 0 Å². The molecule has 0 atom stereocenters. The van der Waals surface area contributed by atoms with E-state index in [0.29, 0.717) is 5.12 Å². The van der Waals surface area contributed by atoms with Crippen LogP contribution in [0.2, 0.25) is 0 Å². The van der Waals surface area contributed by atoms with Crippen molar-refractivity contribution in [1.29, 1.82) is 0 Å². The number of unbranched alkanes of at least 4 members (excludes halogenated alkanes) is 10. The quantitative estimate of drug-likeness (QED) is 0.287. The lowest BCUT2D eigenvalue weighted by Gasteiger charge is -2.03. The average molecular weight is 321 g/mol. The van der Waals surface area contributed by atoms with Gasteiger partial charge in [-0.3, -0.25) is 4.79 Å². The van der Waals surface area contributed by atoms with Crippen LogP contribution >= 0.6 is 11.8 Å². The highest BCUT2D eigenvalue weighted by Crippen LogP contribution is 2.21. The Morgan fingerprint density at radius 3 is 1.82 bits per heavy atom. The van der Waals surface area contributed by atoms with Crippen molar-refractivity contribution in [3.63, 3.8) is 0 Å². The van der Waals surface area contributed by atoms with E-state index in [1.807, 2.05) is 30.3 Å². The van der Waals surface area contributed by atoms with Gasteiger partial charge in [-0.2, -0.15) is 0 Å². The highest BCUT2D eigenvalue weighted by molar-refractivity contribution is 8.13. The first-order valence-corrected chi connectivity index (χ1v) is 9.90. The van der Waals surface area contributed by atoms with E-state index < -0.39 is 0 Å². The van der Waals surface area contributed by atoms with E-state index in [0.717, 1.165) is 17.7 Å². The number of hydrogen-bond donors (Lipinski definition) is 0. The largest absolute Gasteiger partial charge is 0.287 e. The molecule has 22 heavy (non-hydrogen) atoms. The van der Waals surface area contributed by atoms with Gasteiger partial charge in [-0.15, -0.1) is 0 Å². The van der Waals surface area contributed by atoms with E-state index in [1.54, 1.807) is 0 Å². The van der Waals surface area contributed by atoms with Crippen LogP contribution in [0.1, 0.15) is 84.0 Å². The molecule has 0 N–H and O–H groups in total. The molecule has 1 aromatic rings. The minimum absolute atomic E-state index is 0.308. The average Bonchev–Trinajstić information content (AvgIpc) is 2.53. The van der Waals surface area contributed by atoms with Crippen LogP contribution < -0.4 is 0 Å². The lowest BCUT2D eigenvalue weighted by Crippen LogP contribution is -1.91. The third kappa shape index (κ3) is 10.9. The van der Waals surface area contributed by atoms with Gasteiger partial charge in [0.25, 0.3) is 0 Å². The second kappa shape index (κ2) is 13.9. The van der Waals surface area contributed by atoms with Crippen molar-refractivity contribution in [3.05, 3.63) is 30.3 Å². The standard InChI is InChI=1S/C20H32OS/c1-2-3-4-5-6-7-8-9-10-11-15-18-20(21)22-19-16-13-12-14-17-19/h12-14,16-17H,2-11,15,18H2,1H3. The van der Waals surface area contributed by atoms with Crippen LogP contribution in [0.3, 0.4) is 0 Å². The molecule has 0 fully saturated rings. The van der Waals surface area contributed by atoms with Gasteiger partial charge in [0.2, 0.25) is 0 Å². The van der Waals surface area contributed by atoms with E-state index in [-0.39, 0.29) is 0 Å². The van der Waals surface area contributed by atoms with E-state index >= 15 is 0 Å². The Bertz CT molecular complexity index is 375. The lowest BCUT2D eigenvalue weighted by molar-refractivity contribution is -0.111. The van der Waals surface area contributed by atoms with Crippen LogP contribution in [0.4, 0.5) is 0 Å². The molecular weight excluding hydrogens is 288 g/mol. The normalized spacial score (nSPS) is 10.8. The summed E-state index contributed by atoms with van der Waals surface area (Å²) < 4.78 is 0. The molecule has 0 aliphatic carbocycles. The van der Waals surface area contributed by atoms with Crippen molar-refractivity contribution in [2.45, 2.75) is 88.9 Å². The molecule has 0 aliphatic heterocycles. The molecule has 0 heterocycles. The van der Waals surface area contributed by atoms with Gasteiger partial charge in [0, 0.05) is 11.3 Å². The maximum atomic E-state index is 11.8.